The number of nitrogens with one attached hydrogen (secondary N) is 3. The van der Waals surface area contributed by atoms with Crippen molar-refractivity contribution in [1.29, 1.82) is 0 Å². The molecule has 2 aromatic rings. The number of carbonyl (C=O) groups is 1. The lowest BCUT2D eigenvalue weighted by Crippen LogP contribution is -2.44. The number of hydrogen-bond acceptors (Lipinski definition) is 3. The van der Waals surface area contributed by atoms with Crippen LogP contribution in [0.3, 0.4) is 0 Å². The monoisotopic (exact) mass is 543 g/mol. The van der Waals surface area contributed by atoms with E-state index in [1.165, 1.54) is 19.1 Å². The van der Waals surface area contributed by atoms with Gasteiger partial charge in [-0.2, -0.15) is 0 Å². The maximum Gasteiger partial charge on any atom is 0.221 e. The molecule has 1 unspecified atom stereocenters. The van der Waals surface area contributed by atoms with Crippen LogP contribution in [0, 0.1) is 11.6 Å². The molecular weight excluding hydrogens is 515 g/mol. The van der Waals surface area contributed by atoms with Crippen molar-refractivity contribution in [3.63, 3.8) is 0 Å². The molecular formula is C22H28F2IN5O. The third-order valence-electron chi connectivity index (χ3n) is 4.79. The zero-order valence-electron chi connectivity index (χ0n) is 17.6. The summed E-state index contributed by atoms with van der Waals surface area (Å²) in [6.45, 7) is 5.90. The second kappa shape index (κ2) is 11.8. The van der Waals surface area contributed by atoms with E-state index in [1.807, 2.05) is 36.1 Å². The van der Waals surface area contributed by atoms with Crippen LogP contribution >= 0.6 is 24.0 Å². The molecule has 9 heteroatoms. The third-order valence-corrected chi connectivity index (χ3v) is 4.79. The van der Waals surface area contributed by atoms with Crippen molar-refractivity contribution >= 4 is 47.2 Å². The average molecular weight is 543 g/mol. The Labute approximate surface area is 198 Å². The van der Waals surface area contributed by atoms with E-state index >= 15 is 0 Å². The summed E-state index contributed by atoms with van der Waals surface area (Å²) in [6.07, 6.45) is 0.819. The van der Waals surface area contributed by atoms with Crippen LogP contribution in [0.5, 0.6) is 0 Å². The Bertz CT molecular complexity index is 925. The van der Waals surface area contributed by atoms with Gasteiger partial charge in [0.05, 0.1) is 12.2 Å². The number of benzene rings is 2. The summed E-state index contributed by atoms with van der Waals surface area (Å²) in [6, 6.07) is 11.3. The summed E-state index contributed by atoms with van der Waals surface area (Å²) in [5.74, 6) is -0.563. The van der Waals surface area contributed by atoms with E-state index in [0.29, 0.717) is 37.8 Å². The minimum atomic E-state index is -0.575. The quantitative estimate of drug-likeness (QED) is 0.294. The summed E-state index contributed by atoms with van der Waals surface area (Å²) < 4.78 is 27.2. The first-order valence-corrected chi connectivity index (χ1v) is 10.1. The first-order valence-electron chi connectivity index (χ1n) is 10.1. The number of aliphatic imine (C=N–C) groups is 1. The molecule has 1 amide bonds. The van der Waals surface area contributed by atoms with Crippen LogP contribution in [0.2, 0.25) is 0 Å². The van der Waals surface area contributed by atoms with Gasteiger partial charge in [-0.1, -0.05) is 12.1 Å². The molecule has 1 saturated heterocycles. The second-order valence-corrected chi connectivity index (χ2v) is 7.25. The Morgan fingerprint density at radius 3 is 2.74 bits per heavy atom. The number of carbonyl (C=O) groups excluding carboxylic acids is 1. The fourth-order valence-electron chi connectivity index (χ4n) is 3.47. The fourth-order valence-corrected chi connectivity index (χ4v) is 3.47. The van der Waals surface area contributed by atoms with Gasteiger partial charge in [-0.3, -0.25) is 4.79 Å². The van der Waals surface area contributed by atoms with Gasteiger partial charge < -0.3 is 20.9 Å². The molecule has 1 atom stereocenters. The average Bonchev–Trinajstić information content (AvgIpc) is 3.14. The SMILES string of the molecule is CCNC(=NCc1cccc(NC(C)=O)c1)NC1CCN(c2ccc(F)cc2F)C1.I. The molecule has 0 saturated carbocycles. The first-order chi connectivity index (χ1) is 14.4. The zero-order chi connectivity index (χ0) is 21.5. The highest BCUT2D eigenvalue weighted by Crippen LogP contribution is 2.24. The number of nitrogens with zero attached hydrogens (tertiary/aromatic N) is 2. The third kappa shape index (κ3) is 7.34. The van der Waals surface area contributed by atoms with Crippen LogP contribution < -0.4 is 20.9 Å². The first kappa shape index (κ1) is 24.8. The molecule has 1 heterocycles. The molecule has 0 bridgehead atoms. The molecule has 3 rings (SSSR count). The number of anilines is 2. The van der Waals surface area contributed by atoms with Crippen LogP contribution in [0.15, 0.2) is 47.5 Å². The summed E-state index contributed by atoms with van der Waals surface area (Å²) >= 11 is 0. The Kier molecular flexibility index (Phi) is 9.47. The maximum absolute atomic E-state index is 14.1. The van der Waals surface area contributed by atoms with Gasteiger partial charge in [0.1, 0.15) is 11.6 Å². The number of rotatable bonds is 6. The summed E-state index contributed by atoms with van der Waals surface area (Å²) in [5, 5.41) is 9.39. The van der Waals surface area contributed by atoms with Crippen molar-refractivity contribution in [1.82, 2.24) is 10.6 Å². The predicted octanol–water partition coefficient (Wildman–Crippen LogP) is 3.88. The van der Waals surface area contributed by atoms with Crippen molar-refractivity contribution in [3.05, 3.63) is 59.7 Å². The number of guanidine groups is 1. The van der Waals surface area contributed by atoms with Crippen LogP contribution in [0.4, 0.5) is 20.2 Å². The lowest BCUT2D eigenvalue weighted by molar-refractivity contribution is -0.114. The van der Waals surface area contributed by atoms with Gasteiger partial charge in [0, 0.05) is 44.4 Å². The minimum absolute atomic E-state index is 0. The lowest BCUT2D eigenvalue weighted by atomic mass is 10.2. The Balaban J connectivity index is 0.00000341. The van der Waals surface area contributed by atoms with Crippen LogP contribution in [-0.4, -0.2) is 37.5 Å². The molecule has 2 aromatic carbocycles. The number of hydrogen-bond donors (Lipinski definition) is 3. The molecule has 6 nitrogen and oxygen atoms in total. The molecule has 1 aliphatic rings. The second-order valence-electron chi connectivity index (χ2n) is 7.25. The van der Waals surface area contributed by atoms with Crippen LogP contribution in [-0.2, 0) is 11.3 Å². The van der Waals surface area contributed by atoms with Crippen molar-refractivity contribution in [3.8, 4) is 0 Å². The van der Waals surface area contributed by atoms with E-state index in [0.717, 1.165) is 23.7 Å². The van der Waals surface area contributed by atoms with Gasteiger partial charge in [0.25, 0.3) is 0 Å². The molecule has 3 N–H and O–H groups in total. The minimum Gasteiger partial charge on any atom is -0.367 e. The Morgan fingerprint density at radius 2 is 2.03 bits per heavy atom. The summed E-state index contributed by atoms with van der Waals surface area (Å²) in [7, 11) is 0. The van der Waals surface area contributed by atoms with E-state index in [2.05, 4.69) is 20.9 Å². The molecule has 31 heavy (non-hydrogen) atoms. The van der Waals surface area contributed by atoms with Gasteiger partial charge in [-0.05, 0) is 43.2 Å². The summed E-state index contributed by atoms with van der Waals surface area (Å²) in [4.78, 5) is 17.8. The smallest absolute Gasteiger partial charge is 0.221 e. The van der Waals surface area contributed by atoms with Gasteiger partial charge in [0.2, 0.25) is 5.91 Å². The highest BCUT2D eigenvalue weighted by molar-refractivity contribution is 14.0. The highest BCUT2D eigenvalue weighted by atomic mass is 127. The molecule has 0 aromatic heterocycles. The van der Waals surface area contributed by atoms with Gasteiger partial charge in [-0.15, -0.1) is 24.0 Å². The van der Waals surface area contributed by atoms with Crippen molar-refractivity contribution in [2.24, 2.45) is 4.99 Å². The van der Waals surface area contributed by atoms with E-state index in [-0.39, 0.29) is 35.9 Å². The molecule has 1 aliphatic heterocycles. The zero-order valence-corrected chi connectivity index (χ0v) is 20.0. The molecule has 0 radical (unpaired) electrons. The van der Waals surface area contributed by atoms with Crippen LogP contribution in [0.25, 0.3) is 0 Å². The molecule has 1 fully saturated rings. The van der Waals surface area contributed by atoms with Crippen molar-refractivity contribution in [2.45, 2.75) is 32.9 Å². The molecule has 0 aliphatic carbocycles. The van der Waals surface area contributed by atoms with Gasteiger partial charge >= 0.3 is 0 Å². The van der Waals surface area contributed by atoms with E-state index in [9.17, 15) is 13.6 Å². The van der Waals surface area contributed by atoms with E-state index < -0.39 is 11.6 Å². The van der Waals surface area contributed by atoms with Crippen molar-refractivity contribution in [2.75, 3.05) is 29.9 Å². The van der Waals surface area contributed by atoms with E-state index in [1.54, 1.807) is 0 Å². The molecule has 168 valence electrons. The number of halogens is 3. The number of amides is 1. The summed E-state index contributed by atoms with van der Waals surface area (Å²) in [5.41, 5.74) is 2.12. The topological polar surface area (TPSA) is 68.8 Å². The van der Waals surface area contributed by atoms with Crippen molar-refractivity contribution < 1.29 is 13.6 Å². The van der Waals surface area contributed by atoms with Gasteiger partial charge in [0.15, 0.2) is 5.96 Å². The predicted molar refractivity (Wildman–Crippen MR) is 131 cm³/mol. The standard InChI is InChI=1S/C22H27F2N5O.HI/c1-3-25-22(26-13-16-5-4-6-18(11-16)27-15(2)30)28-19-9-10-29(14-19)21-8-7-17(23)12-20(21)24;/h4-8,11-12,19H,3,9-10,13-14H2,1-2H3,(H,27,30)(H2,25,26,28);1H. The van der Waals surface area contributed by atoms with Gasteiger partial charge in [-0.25, -0.2) is 13.8 Å². The fraction of sp³-hybridized carbons (Fsp3) is 0.364. The normalized spacial score (nSPS) is 15.9. The Morgan fingerprint density at radius 1 is 1.23 bits per heavy atom. The largest absolute Gasteiger partial charge is 0.367 e. The lowest BCUT2D eigenvalue weighted by Gasteiger charge is -2.21. The van der Waals surface area contributed by atoms with E-state index in [4.69, 9.17) is 0 Å². The highest BCUT2D eigenvalue weighted by Gasteiger charge is 2.25. The maximum atomic E-state index is 14.1. The van der Waals surface area contributed by atoms with Crippen LogP contribution in [0.1, 0.15) is 25.8 Å². The Hall–Kier alpha value is -2.43. The molecule has 0 spiro atoms.